The first-order chi connectivity index (χ1) is 18.8. The number of H-pyrrole nitrogens is 4. The Morgan fingerprint density at radius 2 is 1.54 bits per heavy atom. The number of nitrogens with one attached hydrogen (secondary N) is 4. The third-order valence-electron chi connectivity index (χ3n) is 5.70. The molecule has 39 heavy (non-hydrogen) atoms. The molecule has 0 saturated heterocycles. The first kappa shape index (κ1) is 26.5. The van der Waals surface area contributed by atoms with Crippen LogP contribution in [0.2, 0.25) is 0 Å². The van der Waals surface area contributed by atoms with Crippen LogP contribution in [0.1, 0.15) is 16.7 Å². The molecule has 0 atom stereocenters. The molecule has 0 fully saturated rings. The lowest BCUT2D eigenvalue weighted by molar-refractivity contribution is 1.01. The Balaban J connectivity index is 0.000000122. The molecule has 0 spiro atoms. The molecule has 8 N–H and O–H groups in total. The average molecular weight is 527 g/mol. The predicted molar refractivity (Wildman–Crippen MR) is 149 cm³/mol. The summed E-state index contributed by atoms with van der Waals surface area (Å²) in [5.41, 5.74) is 14.3. The molecule has 198 valence electrons. The summed E-state index contributed by atoms with van der Waals surface area (Å²) < 4.78 is 0. The van der Waals surface area contributed by atoms with E-state index in [0.717, 1.165) is 0 Å². The smallest absolute Gasteiger partial charge is 0.346 e. The molecule has 4 heterocycles. The number of fused-ring (bicyclic) bond motifs is 1. The van der Waals surface area contributed by atoms with Gasteiger partial charge in [0, 0.05) is 18.0 Å². The molecule has 2 aromatic carbocycles. The minimum Gasteiger partial charge on any atom is -0.385 e. The zero-order valence-electron chi connectivity index (χ0n) is 20.9. The number of hydrogen-bond acceptors (Lipinski definition) is 9. The highest BCUT2D eigenvalue weighted by atomic mass is 16.2. The number of nitrogens with two attached hydrogens (primary N) is 2. The van der Waals surface area contributed by atoms with Crippen LogP contribution in [-0.2, 0) is 12.8 Å². The highest BCUT2D eigenvalue weighted by molar-refractivity contribution is 5.90. The number of aromatic amines is 4. The van der Waals surface area contributed by atoms with Crippen molar-refractivity contribution in [3.63, 3.8) is 0 Å². The third kappa shape index (κ3) is 6.80. The van der Waals surface area contributed by atoms with Gasteiger partial charge in [0.05, 0.1) is 6.33 Å². The molecule has 0 radical (unpaired) electrons. The Kier molecular flexibility index (Phi) is 8.21. The van der Waals surface area contributed by atoms with Gasteiger partial charge in [0.1, 0.15) is 17.7 Å². The number of benzene rings is 2. The second-order valence-corrected chi connectivity index (χ2v) is 8.38. The first-order valence-electron chi connectivity index (χ1n) is 11.8. The topological polar surface area (TPSA) is 218 Å². The number of imidazole rings is 1. The third-order valence-corrected chi connectivity index (χ3v) is 5.70. The van der Waals surface area contributed by atoms with E-state index in [9.17, 15) is 14.4 Å². The van der Waals surface area contributed by atoms with Gasteiger partial charge < -0.3 is 21.4 Å². The summed E-state index contributed by atoms with van der Waals surface area (Å²) in [6, 6.07) is 14.7. The zero-order chi connectivity index (χ0) is 27.8. The molecule has 0 saturated carbocycles. The average Bonchev–Trinajstić information content (AvgIpc) is 3.57. The largest absolute Gasteiger partial charge is 0.385 e. The molecular weight excluding hydrogens is 500 g/mol. The molecule has 0 unspecified atom stereocenters. The monoisotopic (exact) mass is 526 g/mol. The molecule has 6 aromatic rings. The fourth-order valence-electron chi connectivity index (χ4n) is 3.83. The van der Waals surface area contributed by atoms with Crippen LogP contribution in [0.5, 0.6) is 0 Å². The summed E-state index contributed by atoms with van der Waals surface area (Å²) in [5, 5.41) is 2.92. The van der Waals surface area contributed by atoms with Crippen molar-refractivity contribution in [2.75, 3.05) is 11.5 Å². The van der Waals surface area contributed by atoms with Crippen molar-refractivity contribution in [2.24, 2.45) is 0 Å². The minimum atomic E-state index is -0.467. The quantitative estimate of drug-likeness (QED) is 0.169. The van der Waals surface area contributed by atoms with E-state index in [1.165, 1.54) is 65.9 Å². The van der Waals surface area contributed by atoms with E-state index in [-0.39, 0.29) is 5.56 Å². The lowest BCUT2D eigenvalue weighted by Gasteiger charge is -1.99. The second-order valence-electron chi connectivity index (χ2n) is 8.38. The molecule has 1 aliphatic rings. The number of aromatic nitrogens is 8. The van der Waals surface area contributed by atoms with Crippen LogP contribution in [0.4, 0.5) is 11.6 Å². The molecule has 7 rings (SSSR count). The fraction of sp³-hybridized carbons (Fsp3) is 0.115. The second kappa shape index (κ2) is 12.1. The summed E-state index contributed by atoms with van der Waals surface area (Å²) in [7, 11) is 0. The van der Waals surface area contributed by atoms with Gasteiger partial charge in [0.25, 0.3) is 5.56 Å². The van der Waals surface area contributed by atoms with E-state index in [4.69, 9.17) is 11.5 Å². The summed E-state index contributed by atoms with van der Waals surface area (Å²) in [6.07, 6.45) is 8.12. The number of hydrogen-bond donors (Lipinski definition) is 6. The minimum absolute atomic E-state index is 0.334. The molecule has 0 amide bonds. The van der Waals surface area contributed by atoms with Crippen LogP contribution in [0.15, 0.2) is 81.9 Å². The normalized spacial score (nSPS) is 11.0. The van der Waals surface area contributed by atoms with Gasteiger partial charge in [0.15, 0.2) is 11.5 Å². The Bertz CT molecular complexity index is 1850. The maximum absolute atomic E-state index is 10.6. The van der Waals surface area contributed by atoms with E-state index in [0.29, 0.717) is 28.4 Å². The van der Waals surface area contributed by atoms with Crippen molar-refractivity contribution in [3.05, 3.63) is 116 Å². The van der Waals surface area contributed by atoms with Crippen LogP contribution in [0, 0.1) is 6.92 Å². The van der Waals surface area contributed by atoms with Crippen LogP contribution in [0.25, 0.3) is 21.9 Å². The highest BCUT2D eigenvalue weighted by Gasteiger charge is 2.12. The van der Waals surface area contributed by atoms with Crippen molar-refractivity contribution >= 4 is 33.6 Å². The van der Waals surface area contributed by atoms with Crippen molar-refractivity contribution in [2.45, 2.75) is 19.8 Å². The number of nitrogens with zero attached hydrogens (tertiary/aromatic N) is 4. The van der Waals surface area contributed by atoms with E-state index in [2.05, 4.69) is 76.3 Å². The molecule has 1 aliphatic carbocycles. The zero-order valence-corrected chi connectivity index (χ0v) is 20.9. The van der Waals surface area contributed by atoms with Crippen molar-refractivity contribution in [1.82, 2.24) is 39.9 Å². The molecular formula is C26H26N10O3. The van der Waals surface area contributed by atoms with Crippen molar-refractivity contribution in [1.29, 1.82) is 0 Å². The predicted octanol–water partition coefficient (Wildman–Crippen LogP) is 1.60. The van der Waals surface area contributed by atoms with Gasteiger partial charge >= 0.3 is 11.4 Å². The maximum atomic E-state index is 10.6. The summed E-state index contributed by atoms with van der Waals surface area (Å²) in [6.45, 7) is 1.62. The van der Waals surface area contributed by atoms with Crippen LogP contribution in [-0.4, -0.2) is 39.9 Å². The number of anilines is 2. The molecule has 0 bridgehead atoms. The van der Waals surface area contributed by atoms with Crippen LogP contribution >= 0.6 is 0 Å². The molecule has 13 nitrogen and oxygen atoms in total. The highest BCUT2D eigenvalue weighted by Crippen LogP contribution is 2.29. The van der Waals surface area contributed by atoms with Gasteiger partial charge in [-0.05, 0) is 47.7 Å². The lowest BCUT2D eigenvalue weighted by Crippen LogP contribution is -2.22. The van der Waals surface area contributed by atoms with Gasteiger partial charge in [0.2, 0.25) is 0 Å². The van der Waals surface area contributed by atoms with Crippen molar-refractivity contribution in [3.8, 4) is 0 Å². The van der Waals surface area contributed by atoms with Crippen molar-refractivity contribution < 1.29 is 0 Å². The van der Waals surface area contributed by atoms with E-state index >= 15 is 0 Å². The lowest BCUT2D eigenvalue weighted by atomic mass is 10.1. The molecule has 0 aliphatic heterocycles. The standard InChI is InChI=1S/C12H10.C5H5N5.C5H6N2O2.C4H5N3O/c1-3-9-4-2-6-11-8-7-10(5-1)12(9)11;6-4-3-5(9-1-7-3)10-2-8-4;1-3-2-6-5(9)7-4(3)8;5-3-1-2-6-4(8)7-3/h1-6H,7-8H2;1-2H,(H3,6,7,8,9,10);2H,1H3,(H2,6,7,8,9);1-2H,(H3,5,6,7,8). The number of nitrogen functional groups attached to an aromatic ring is 2. The Labute approximate surface area is 220 Å². The Morgan fingerprint density at radius 1 is 0.821 bits per heavy atom. The number of rotatable bonds is 0. The van der Waals surface area contributed by atoms with Gasteiger partial charge in [-0.3, -0.25) is 14.8 Å². The van der Waals surface area contributed by atoms with E-state index in [1.807, 2.05) is 0 Å². The van der Waals surface area contributed by atoms with Gasteiger partial charge in [-0.15, -0.1) is 0 Å². The Morgan fingerprint density at radius 3 is 2.10 bits per heavy atom. The SMILES string of the molecule is Cc1c[nH]c(=O)[nH]c1=O.Nc1ccnc(=O)[nH]1.Nc1ncnc2nc[nH]c12.c1cc2c3c(cccc3c1)CC2. The van der Waals surface area contributed by atoms with Gasteiger partial charge in [-0.1, -0.05) is 36.4 Å². The van der Waals surface area contributed by atoms with E-state index < -0.39 is 11.4 Å². The number of aryl methyl sites for hydroxylation is 3. The summed E-state index contributed by atoms with van der Waals surface area (Å²) in [4.78, 5) is 55.5. The summed E-state index contributed by atoms with van der Waals surface area (Å²) >= 11 is 0. The Hall–Kier alpha value is -5.59. The first-order valence-corrected chi connectivity index (χ1v) is 11.8. The summed E-state index contributed by atoms with van der Waals surface area (Å²) in [5.74, 6) is 0.771. The van der Waals surface area contributed by atoms with E-state index in [1.54, 1.807) is 6.92 Å². The van der Waals surface area contributed by atoms with Gasteiger partial charge in [-0.25, -0.2) is 29.5 Å². The van der Waals surface area contributed by atoms with Gasteiger partial charge in [-0.2, -0.15) is 0 Å². The van der Waals surface area contributed by atoms with Crippen LogP contribution < -0.4 is 28.4 Å². The molecule has 13 heteroatoms. The maximum Gasteiger partial charge on any atom is 0.346 e. The molecule has 4 aromatic heterocycles. The fourth-order valence-corrected chi connectivity index (χ4v) is 3.83. The van der Waals surface area contributed by atoms with Crippen LogP contribution in [0.3, 0.4) is 0 Å².